The molecule has 1 aromatic rings. The lowest BCUT2D eigenvalue weighted by atomic mass is 9.94. The number of aliphatic carboxylic acids is 1. The Hall–Kier alpha value is -2.58. The Morgan fingerprint density at radius 3 is 2.44 bits per heavy atom. The zero-order valence-corrected chi connectivity index (χ0v) is 19.3. The highest BCUT2D eigenvalue weighted by molar-refractivity contribution is 5.76. The molecule has 3 heterocycles. The summed E-state index contributed by atoms with van der Waals surface area (Å²) in [6, 6.07) is 3.95. The summed E-state index contributed by atoms with van der Waals surface area (Å²) in [6.07, 6.45) is 4.33. The quantitative estimate of drug-likeness (QED) is 0.659. The smallest absolute Gasteiger partial charge is 0.300 e. The van der Waals surface area contributed by atoms with Crippen LogP contribution in [0, 0.1) is 0 Å². The highest BCUT2D eigenvalue weighted by atomic mass is 16.7. The molecule has 0 saturated carbocycles. The summed E-state index contributed by atoms with van der Waals surface area (Å²) < 4.78 is 22.7. The average Bonchev–Trinajstić information content (AvgIpc) is 3.20. The van der Waals surface area contributed by atoms with Crippen LogP contribution in [0.5, 0.6) is 11.5 Å². The van der Waals surface area contributed by atoms with Gasteiger partial charge in [-0.1, -0.05) is 26.0 Å². The van der Waals surface area contributed by atoms with Crippen LogP contribution >= 0.6 is 0 Å². The van der Waals surface area contributed by atoms with E-state index in [0.717, 1.165) is 67.4 Å². The van der Waals surface area contributed by atoms with E-state index in [9.17, 15) is 4.79 Å². The maximum Gasteiger partial charge on any atom is 0.300 e. The van der Waals surface area contributed by atoms with Crippen LogP contribution in [0.15, 0.2) is 24.3 Å². The number of rotatable bonds is 2. The zero-order chi connectivity index (χ0) is 23.5. The van der Waals surface area contributed by atoms with Gasteiger partial charge in [-0.3, -0.25) is 9.59 Å². The van der Waals surface area contributed by atoms with Crippen molar-refractivity contribution in [2.24, 2.45) is 0 Å². The largest absolute Gasteiger partial charge is 0.481 e. The highest BCUT2D eigenvalue weighted by Crippen LogP contribution is 2.36. The lowest BCUT2D eigenvalue weighted by Crippen LogP contribution is -2.34. The molecule has 0 bridgehead atoms. The van der Waals surface area contributed by atoms with Gasteiger partial charge in [-0.2, -0.15) is 0 Å². The van der Waals surface area contributed by atoms with Crippen molar-refractivity contribution >= 4 is 11.9 Å². The van der Waals surface area contributed by atoms with Gasteiger partial charge in [0.1, 0.15) is 0 Å². The third-order valence-corrected chi connectivity index (χ3v) is 5.02. The summed E-state index contributed by atoms with van der Waals surface area (Å²) >= 11 is 0. The SMILES string of the molecule is C=C1Cc2cc3c(cc2CNC(=O)C[C@H](OC2CCCCO2)C1)OCO3.CC.CC(=O)O. The molecule has 8 heteroatoms. The van der Waals surface area contributed by atoms with Crippen molar-refractivity contribution in [3.8, 4) is 11.5 Å². The lowest BCUT2D eigenvalue weighted by molar-refractivity contribution is -0.189. The minimum Gasteiger partial charge on any atom is -0.481 e. The summed E-state index contributed by atoms with van der Waals surface area (Å²) in [6.45, 7) is 10.7. The first-order valence-corrected chi connectivity index (χ1v) is 11.2. The number of hydrogen-bond acceptors (Lipinski definition) is 6. The van der Waals surface area contributed by atoms with E-state index in [2.05, 4.69) is 11.9 Å². The van der Waals surface area contributed by atoms with E-state index in [1.807, 2.05) is 26.0 Å². The minimum absolute atomic E-state index is 0.0240. The second kappa shape index (κ2) is 13.1. The number of fused-ring (bicyclic) bond motifs is 2. The molecular weight excluding hydrogens is 414 g/mol. The molecule has 0 aromatic heterocycles. The monoisotopic (exact) mass is 449 g/mol. The molecule has 3 aliphatic heterocycles. The zero-order valence-electron chi connectivity index (χ0n) is 19.3. The third-order valence-electron chi connectivity index (χ3n) is 5.02. The second-order valence-corrected chi connectivity index (χ2v) is 7.66. The molecule has 0 aliphatic carbocycles. The summed E-state index contributed by atoms with van der Waals surface area (Å²) in [5, 5.41) is 10.4. The van der Waals surface area contributed by atoms with Crippen LogP contribution in [0.4, 0.5) is 0 Å². The molecule has 4 rings (SSSR count). The maximum atomic E-state index is 12.4. The Kier molecular flexibility index (Phi) is 10.5. The fourth-order valence-corrected chi connectivity index (χ4v) is 3.69. The number of ether oxygens (including phenoxy) is 4. The van der Waals surface area contributed by atoms with Crippen molar-refractivity contribution in [3.05, 3.63) is 35.4 Å². The van der Waals surface area contributed by atoms with E-state index in [0.29, 0.717) is 19.4 Å². The van der Waals surface area contributed by atoms with Gasteiger partial charge < -0.3 is 29.4 Å². The first-order chi connectivity index (χ1) is 15.4. The van der Waals surface area contributed by atoms with Crippen molar-refractivity contribution in [2.75, 3.05) is 13.4 Å². The van der Waals surface area contributed by atoms with Gasteiger partial charge in [-0.05, 0) is 55.4 Å². The Bertz CT molecular complexity index is 783. The van der Waals surface area contributed by atoms with E-state index in [4.69, 9.17) is 28.8 Å². The Morgan fingerprint density at radius 1 is 1.16 bits per heavy atom. The number of carbonyl (C=O) groups is 2. The van der Waals surface area contributed by atoms with Crippen molar-refractivity contribution in [1.82, 2.24) is 5.32 Å². The first-order valence-electron chi connectivity index (χ1n) is 11.2. The lowest BCUT2D eigenvalue weighted by Gasteiger charge is -2.28. The fraction of sp³-hybridized carbons (Fsp3) is 0.583. The number of carboxylic acids is 1. The Labute approximate surface area is 189 Å². The molecule has 1 amide bonds. The standard InChI is InChI=1S/C20H25NO5.C2H4O2.C2H6/c1-13-6-14-8-17-18(25-12-24-17)9-15(14)11-21-19(22)10-16(7-13)26-20-4-2-3-5-23-20;1-2(3)4;1-2/h8-9,16,20H,1-7,10-12H2,(H,21,22);1H3,(H,3,4);1-2H3/t16-,20?;;/m1../s1. The molecule has 178 valence electrons. The molecule has 0 radical (unpaired) electrons. The molecule has 1 unspecified atom stereocenters. The van der Waals surface area contributed by atoms with Gasteiger partial charge in [0.25, 0.3) is 5.97 Å². The van der Waals surface area contributed by atoms with Gasteiger partial charge in [0.2, 0.25) is 12.7 Å². The van der Waals surface area contributed by atoms with Crippen LogP contribution in [-0.2, 0) is 32.0 Å². The normalized spacial score (nSPS) is 22.2. The van der Waals surface area contributed by atoms with Gasteiger partial charge >= 0.3 is 0 Å². The molecule has 1 saturated heterocycles. The minimum atomic E-state index is -0.833. The van der Waals surface area contributed by atoms with E-state index >= 15 is 0 Å². The number of hydrogen-bond donors (Lipinski definition) is 2. The molecule has 1 fully saturated rings. The number of carboxylic acid groups (broad SMARTS) is 1. The second-order valence-electron chi connectivity index (χ2n) is 7.66. The van der Waals surface area contributed by atoms with Gasteiger partial charge in [0.05, 0.1) is 12.5 Å². The van der Waals surface area contributed by atoms with Gasteiger partial charge in [-0.15, -0.1) is 0 Å². The summed E-state index contributed by atoms with van der Waals surface area (Å²) in [5.74, 6) is 0.629. The number of benzene rings is 1. The van der Waals surface area contributed by atoms with Crippen molar-refractivity contribution < 1.29 is 33.6 Å². The fourth-order valence-electron chi connectivity index (χ4n) is 3.69. The molecule has 0 spiro atoms. The Morgan fingerprint density at radius 2 is 1.81 bits per heavy atom. The van der Waals surface area contributed by atoms with Crippen molar-refractivity contribution in [3.63, 3.8) is 0 Å². The van der Waals surface area contributed by atoms with Crippen LogP contribution in [0.3, 0.4) is 0 Å². The molecule has 1 aromatic carbocycles. The molecule has 2 atom stereocenters. The van der Waals surface area contributed by atoms with Crippen LogP contribution in [0.2, 0.25) is 0 Å². The molecular formula is C24H35NO7. The van der Waals surface area contributed by atoms with Crippen molar-refractivity contribution in [1.29, 1.82) is 0 Å². The molecule has 2 N–H and O–H groups in total. The predicted molar refractivity (Wildman–Crippen MR) is 120 cm³/mol. The average molecular weight is 450 g/mol. The number of nitrogens with one attached hydrogen (secondary N) is 1. The van der Waals surface area contributed by atoms with Crippen LogP contribution in [-0.4, -0.2) is 42.8 Å². The van der Waals surface area contributed by atoms with Gasteiger partial charge in [0.15, 0.2) is 17.8 Å². The molecule has 32 heavy (non-hydrogen) atoms. The van der Waals surface area contributed by atoms with Crippen molar-refractivity contribution in [2.45, 2.75) is 78.2 Å². The van der Waals surface area contributed by atoms with Crippen LogP contribution < -0.4 is 14.8 Å². The highest BCUT2D eigenvalue weighted by Gasteiger charge is 2.25. The van der Waals surface area contributed by atoms with Crippen LogP contribution in [0.1, 0.15) is 64.0 Å². The van der Waals surface area contributed by atoms with E-state index in [1.54, 1.807) is 0 Å². The number of amides is 1. The van der Waals surface area contributed by atoms with Gasteiger partial charge in [-0.25, -0.2) is 0 Å². The van der Waals surface area contributed by atoms with Crippen LogP contribution in [0.25, 0.3) is 0 Å². The molecule has 3 aliphatic rings. The summed E-state index contributed by atoms with van der Waals surface area (Å²) in [7, 11) is 0. The van der Waals surface area contributed by atoms with E-state index in [-0.39, 0.29) is 25.1 Å². The summed E-state index contributed by atoms with van der Waals surface area (Å²) in [5.41, 5.74) is 3.19. The molecule has 8 nitrogen and oxygen atoms in total. The maximum absolute atomic E-state index is 12.4. The van der Waals surface area contributed by atoms with E-state index in [1.165, 1.54) is 0 Å². The first kappa shape index (κ1) is 25.7. The summed E-state index contributed by atoms with van der Waals surface area (Å²) in [4.78, 5) is 21.4. The Balaban J connectivity index is 0.000000547. The topological polar surface area (TPSA) is 103 Å². The predicted octanol–water partition coefficient (Wildman–Crippen LogP) is 3.95. The van der Waals surface area contributed by atoms with E-state index < -0.39 is 5.97 Å². The van der Waals surface area contributed by atoms with Gasteiger partial charge in [0, 0.05) is 20.1 Å². The third kappa shape index (κ3) is 8.16. The number of carbonyl (C=O) groups excluding carboxylic acids is 1.